The summed E-state index contributed by atoms with van der Waals surface area (Å²) < 4.78 is 5.34. The summed E-state index contributed by atoms with van der Waals surface area (Å²) >= 11 is 0. The summed E-state index contributed by atoms with van der Waals surface area (Å²) in [5.74, 6) is 0.970. The molecule has 0 spiro atoms. The van der Waals surface area contributed by atoms with Crippen LogP contribution >= 0.6 is 0 Å². The van der Waals surface area contributed by atoms with Gasteiger partial charge in [-0.15, -0.1) is 0 Å². The number of benzene rings is 1. The lowest BCUT2D eigenvalue weighted by Crippen LogP contribution is -1.91. The van der Waals surface area contributed by atoms with Crippen LogP contribution in [0.3, 0.4) is 0 Å². The van der Waals surface area contributed by atoms with Gasteiger partial charge in [-0.25, -0.2) is 0 Å². The monoisotopic (exact) mass is 164 g/mol. The minimum atomic E-state index is 0.743. The van der Waals surface area contributed by atoms with Gasteiger partial charge < -0.3 is 4.74 Å². The van der Waals surface area contributed by atoms with Crippen LogP contribution in [-0.2, 0) is 6.42 Å². The van der Waals surface area contributed by atoms with E-state index in [1.165, 1.54) is 12.0 Å². The summed E-state index contributed by atoms with van der Waals surface area (Å²) in [7, 11) is 0. The van der Waals surface area contributed by atoms with Gasteiger partial charge in [-0.05, 0) is 31.0 Å². The minimum absolute atomic E-state index is 0.743. The summed E-state index contributed by atoms with van der Waals surface area (Å²) in [5, 5.41) is 0. The molecule has 1 heteroatoms. The van der Waals surface area contributed by atoms with Crippen molar-refractivity contribution in [3.8, 4) is 5.75 Å². The molecule has 12 heavy (non-hydrogen) atoms. The molecule has 0 unspecified atom stereocenters. The molecule has 1 aromatic carbocycles. The van der Waals surface area contributed by atoms with Gasteiger partial charge in [0.05, 0.1) is 6.61 Å². The predicted molar refractivity (Wildman–Crippen MR) is 51.6 cm³/mol. The maximum Gasteiger partial charge on any atom is 0.119 e. The molecule has 0 aliphatic rings. The van der Waals surface area contributed by atoms with E-state index in [1.54, 1.807) is 0 Å². The topological polar surface area (TPSA) is 9.23 Å². The van der Waals surface area contributed by atoms with Crippen molar-refractivity contribution in [2.24, 2.45) is 0 Å². The standard InChI is InChI=1S/C11H16O/c1-3-5-10-6-8-11(9-7-10)12-4-2/h6-9H,3-5H2,1-2H3. The molecule has 0 saturated carbocycles. The Hall–Kier alpha value is -0.980. The molecule has 0 saturated heterocycles. The lowest BCUT2D eigenvalue weighted by Gasteiger charge is -2.03. The molecule has 0 heterocycles. The van der Waals surface area contributed by atoms with Crippen LogP contribution in [0.15, 0.2) is 24.3 Å². The second-order valence-corrected chi connectivity index (χ2v) is 2.83. The molecule has 1 rings (SSSR count). The van der Waals surface area contributed by atoms with Crippen LogP contribution in [0, 0.1) is 0 Å². The third kappa shape index (κ3) is 2.57. The molecular formula is C11H16O. The highest BCUT2D eigenvalue weighted by molar-refractivity contribution is 5.27. The molecule has 0 N–H and O–H groups in total. The smallest absolute Gasteiger partial charge is 0.119 e. The highest BCUT2D eigenvalue weighted by atomic mass is 16.5. The van der Waals surface area contributed by atoms with Crippen molar-refractivity contribution < 1.29 is 4.74 Å². The quantitative estimate of drug-likeness (QED) is 0.664. The number of rotatable bonds is 4. The first-order valence-electron chi connectivity index (χ1n) is 4.58. The van der Waals surface area contributed by atoms with Gasteiger partial charge in [-0.3, -0.25) is 0 Å². The molecule has 66 valence electrons. The van der Waals surface area contributed by atoms with Gasteiger partial charge in [0.2, 0.25) is 0 Å². The van der Waals surface area contributed by atoms with Gasteiger partial charge in [-0.2, -0.15) is 0 Å². The maximum atomic E-state index is 5.34. The van der Waals surface area contributed by atoms with Gasteiger partial charge in [0.25, 0.3) is 0 Å². The Balaban J connectivity index is 2.58. The molecule has 0 aliphatic heterocycles. The van der Waals surface area contributed by atoms with Crippen molar-refractivity contribution in [3.05, 3.63) is 29.8 Å². The zero-order chi connectivity index (χ0) is 8.81. The zero-order valence-electron chi connectivity index (χ0n) is 7.84. The van der Waals surface area contributed by atoms with Crippen LogP contribution in [0.4, 0.5) is 0 Å². The van der Waals surface area contributed by atoms with Crippen LogP contribution in [0.1, 0.15) is 25.8 Å². The molecule has 0 radical (unpaired) electrons. The van der Waals surface area contributed by atoms with E-state index < -0.39 is 0 Å². The fourth-order valence-electron chi connectivity index (χ4n) is 1.21. The largest absolute Gasteiger partial charge is 0.494 e. The first-order chi connectivity index (χ1) is 5.86. The summed E-state index contributed by atoms with van der Waals surface area (Å²) in [5.41, 5.74) is 1.39. The van der Waals surface area contributed by atoms with Crippen LogP contribution in [0.25, 0.3) is 0 Å². The highest BCUT2D eigenvalue weighted by Crippen LogP contribution is 2.12. The van der Waals surface area contributed by atoms with E-state index in [4.69, 9.17) is 4.74 Å². The number of hydrogen-bond donors (Lipinski definition) is 0. The van der Waals surface area contributed by atoms with Gasteiger partial charge in [0, 0.05) is 0 Å². The first kappa shape index (κ1) is 9.11. The van der Waals surface area contributed by atoms with Gasteiger partial charge >= 0.3 is 0 Å². The Labute approximate surface area is 74.4 Å². The normalized spacial score (nSPS) is 9.83. The molecule has 0 atom stereocenters. The third-order valence-corrected chi connectivity index (χ3v) is 1.77. The summed E-state index contributed by atoms with van der Waals surface area (Å²) in [6.07, 6.45) is 2.36. The Morgan fingerprint density at radius 1 is 1.08 bits per heavy atom. The SMILES string of the molecule is CCCc1ccc(OCC)cc1. The molecule has 0 aromatic heterocycles. The van der Waals surface area contributed by atoms with Crippen LogP contribution in [0.2, 0.25) is 0 Å². The second-order valence-electron chi connectivity index (χ2n) is 2.83. The van der Waals surface area contributed by atoms with Crippen LogP contribution in [0.5, 0.6) is 5.75 Å². The van der Waals surface area contributed by atoms with Crippen molar-refractivity contribution >= 4 is 0 Å². The fraction of sp³-hybridized carbons (Fsp3) is 0.455. The summed E-state index contributed by atoms with van der Waals surface area (Å²) in [6.45, 7) is 4.93. The lowest BCUT2D eigenvalue weighted by molar-refractivity contribution is 0.340. The average Bonchev–Trinajstić information content (AvgIpc) is 2.09. The van der Waals surface area contributed by atoms with E-state index in [0.717, 1.165) is 18.8 Å². The van der Waals surface area contributed by atoms with Gasteiger partial charge in [0.15, 0.2) is 0 Å². The van der Waals surface area contributed by atoms with Crippen molar-refractivity contribution in [2.75, 3.05) is 6.61 Å². The summed E-state index contributed by atoms with van der Waals surface area (Å²) in [6, 6.07) is 8.34. The van der Waals surface area contributed by atoms with Crippen molar-refractivity contribution in [2.45, 2.75) is 26.7 Å². The molecule has 1 aromatic rings. The van der Waals surface area contributed by atoms with E-state index in [0.29, 0.717) is 0 Å². The molecule has 0 fully saturated rings. The predicted octanol–water partition coefficient (Wildman–Crippen LogP) is 3.04. The van der Waals surface area contributed by atoms with Crippen molar-refractivity contribution in [1.29, 1.82) is 0 Å². The molecular weight excluding hydrogens is 148 g/mol. The van der Waals surface area contributed by atoms with E-state index in [1.807, 2.05) is 19.1 Å². The number of hydrogen-bond acceptors (Lipinski definition) is 1. The van der Waals surface area contributed by atoms with Crippen molar-refractivity contribution in [3.63, 3.8) is 0 Å². The van der Waals surface area contributed by atoms with E-state index in [-0.39, 0.29) is 0 Å². The van der Waals surface area contributed by atoms with E-state index in [2.05, 4.69) is 19.1 Å². The third-order valence-electron chi connectivity index (χ3n) is 1.77. The Morgan fingerprint density at radius 2 is 1.75 bits per heavy atom. The second kappa shape index (κ2) is 4.81. The Bertz CT molecular complexity index is 188. The molecule has 0 amide bonds. The number of aryl methyl sites for hydroxylation is 1. The first-order valence-corrected chi connectivity index (χ1v) is 4.58. The van der Waals surface area contributed by atoms with Crippen LogP contribution in [-0.4, -0.2) is 6.61 Å². The zero-order valence-corrected chi connectivity index (χ0v) is 7.84. The van der Waals surface area contributed by atoms with E-state index >= 15 is 0 Å². The number of ether oxygens (including phenoxy) is 1. The highest BCUT2D eigenvalue weighted by Gasteiger charge is 1.92. The van der Waals surface area contributed by atoms with E-state index in [9.17, 15) is 0 Å². The molecule has 1 nitrogen and oxygen atoms in total. The maximum absolute atomic E-state index is 5.34. The Morgan fingerprint density at radius 3 is 2.25 bits per heavy atom. The lowest BCUT2D eigenvalue weighted by atomic mass is 10.1. The molecule has 0 aliphatic carbocycles. The van der Waals surface area contributed by atoms with Gasteiger partial charge in [-0.1, -0.05) is 25.5 Å². The van der Waals surface area contributed by atoms with Crippen molar-refractivity contribution in [1.82, 2.24) is 0 Å². The average molecular weight is 164 g/mol. The fourth-order valence-corrected chi connectivity index (χ4v) is 1.21. The Kier molecular flexibility index (Phi) is 3.65. The molecule has 0 bridgehead atoms. The minimum Gasteiger partial charge on any atom is -0.494 e. The summed E-state index contributed by atoms with van der Waals surface area (Å²) in [4.78, 5) is 0. The van der Waals surface area contributed by atoms with Gasteiger partial charge in [0.1, 0.15) is 5.75 Å². The van der Waals surface area contributed by atoms with Crippen LogP contribution < -0.4 is 4.74 Å².